The zero-order valence-corrected chi connectivity index (χ0v) is 16.5. The molecule has 0 saturated carbocycles. The number of nitrogens with one attached hydrogen (secondary N) is 1. The van der Waals surface area contributed by atoms with Crippen molar-refractivity contribution in [2.75, 3.05) is 5.73 Å². The van der Waals surface area contributed by atoms with Gasteiger partial charge in [0.15, 0.2) is 5.82 Å². The van der Waals surface area contributed by atoms with Crippen molar-refractivity contribution < 1.29 is 4.79 Å². The maximum absolute atomic E-state index is 11.8. The first-order valence-electron chi connectivity index (χ1n) is 9.67. The summed E-state index contributed by atoms with van der Waals surface area (Å²) in [5.74, 6) is 0.198. The van der Waals surface area contributed by atoms with E-state index in [0.717, 1.165) is 44.4 Å². The van der Waals surface area contributed by atoms with Gasteiger partial charge in [0.1, 0.15) is 11.8 Å². The lowest BCUT2D eigenvalue weighted by Gasteiger charge is -2.22. The number of carbonyl (C=O) groups is 1. The maximum Gasteiger partial charge on any atom is 0.243 e. The van der Waals surface area contributed by atoms with Gasteiger partial charge in [0.2, 0.25) is 5.91 Å². The van der Waals surface area contributed by atoms with Gasteiger partial charge in [-0.3, -0.25) is 9.78 Å². The molecule has 0 spiro atoms. The number of aromatic nitrogens is 4. The van der Waals surface area contributed by atoms with Crippen LogP contribution in [-0.4, -0.2) is 31.5 Å². The molecule has 1 aromatic carbocycles. The van der Waals surface area contributed by atoms with E-state index in [0.29, 0.717) is 12.2 Å². The van der Waals surface area contributed by atoms with Crippen molar-refractivity contribution in [3.05, 3.63) is 72.8 Å². The molecule has 0 fully saturated rings. The second-order valence-corrected chi connectivity index (χ2v) is 7.39. The predicted octanol–water partition coefficient (Wildman–Crippen LogP) is 3.16. The highest BCUT2D eigenvalue weighted by Crippen LogP contribution is 2.41. The van der Waals surface area contributed by atoms with Crippen LogP contribution in [0.3, 0.4) is 0 Å². The number of amides is 1. The van der Waals surface area contributed by atoms with Gasteiger partial charge in [-0.1, -0.05) is 30.9 Å². The number of pyridine rings is 1. The summed E-state index contributed by atoms with van der Waals surface area (Å²) in [6.45, 7) is 5.57. The highest BCUT2D eigenvalue weighted by molar-refractivity contribution is 5.99. The quantitative estimate of drug-likeness (QED) is 0.519. The van der Waals surface area contributed by atoms with Gasteiger partial charge in [0.25, 0.3) is 0 Å². The first-order valence-corrected chi connectivity index (χ1v) is 9.67. The second-order valence-electron chi connectivity index (χ2n) is 7.39. The third kappa shape index (κ3) is 2.75. The van der Waals surface area contributed by atoms with Crippen LogP contribution in [0, 0.1) is 0 Å². The molecule has 1 unspecified atom stereocenters. The van der Waals surface area contributed by atoms with E-state index < -0.39 is 0 Å². The van der Waals surface area contributed by atoms with Crippen LogP contribution in [0.4, 0.5) is 5.82 Å². The van der Waals surface area contributed by atoms with Crippen LogP contribution in [0.25, 0.3) is 33.1 Å². The van der Waals surface area contributed by atoms with E-state index in [9.17, 15) is 4.79 Å². The van der Waals surface area contributed by atoms with Gasteiger partial charge in [-0.05, 0) is 30.7 Å². The number of benzene rings is 1. The van der Waals surface area contributed by atoms with Crippen molar-refractivity contribution >= 4 is 33.7 Å². The number of carbonyl (C=O) groups excluding carboxylic acids is 1. The van der Waals surface area contributed by atoms with E-state index in [2.05, 4.69) is 39.1 Å². The number of para-hydroxylation sites is 1. The fraction of sp³-hybridized carbons (Fsp3) is 0.130. The molecule has 0 saturated heterocycles. The molecule has 1 aliphatic rings. The lowest BCUT2D eigenvalue weighted by molar-refractivity contribution is -0.116. The lowest BCUT2D eigenvalue weighted by atomic mass is 9.89. The van der Waals surface area contributed by atoms with Crippen molar-refractivity contribution in [1.82, 2.24) is 24.9 Å². The van der Waals surface area contributed by atoms with Crippen molar-refractivity contribution in [3.63, 3.8) is 0 Å². The molecule has 7 heteroatoms. The van der Waals surface area contributed by atoms with Gasteiger partial charge < -0.3 is 11.1 Å². The minimum atomic E-state index is -0.207. The van der Waals surface area contributed by atoms with Crippen molar-refractivity contribution in [1.29, 1.82) is 0 Å². The monoisotopic (exact) mass is 396 g/mol. The summed E-state index contributed by atoms with van der Waals surface area (Å²) >= 11 is 0. The Kier molecular flexibility index (Phi) is 4.10. The molecule has 4 aromatic rings. The number of nitrogens with two attached hydrogens (primary N) is 1. The molecule has 0 radical (unpaired) electrons. The maximum atomic E-state index is 11.8. The van der Waals surface area contributed by atoms with E-state index in [4.69, 9.17) is 5.73 Å². The number of nitrogen functional groups attached to an aromatic ring is 1. The number of hydrogen-bond donors (Lipinski definition) is 2. The second kappa shape index (κ2) is 6.81. The van der Waals surface area contributed by atoms with Crippen LogP contribution in [0.1, 0.15) is 18.2 Å². The first kappa shape index (κ1) is 18.1. The van der Waals surface area contributed by atoms with Crippen LogP contribution in [0.15, 0.2) is 61.6 Å². The highest BCUT2D eigenvalue weighted by Gasteiger charge is 2.29. The number of anilines is 1. The van der Waals surface area contributed by atoms with Gasteiger partial charge in [0, 0.05) is 34.7 Å². The molecular formula is C23H20N6O. The van der Waals surface area contributed by atoms with Crippen molar-refractivity contribution in [3.8, 4) is 11.1 Å². The zero-order valence-electron chi connectivity index (χ0n) is 16.5. The summed E-state index contributed by atoms with van der Waals surface area (Å²) in [7, 11) is 0. The topological polar surface area (TPSA) is 98.2 Å². The molecule has 3 aromatic heterocycles. The Morgan fingerprint density at radius 3 is 2.97 bits per heavy atom. The van der Waals surface area contributed by atoms with Gasteiger partial charge in [-0.25, -0.2) is 9.50 Å². The number of hydrogen-bond acceptors (Lipinski definition) is 5. The van der Waals surface area contributed by atoms with E-state index >= 15 is 0 Å². The number of rotatable bonds is 3. The molecule has 0 bridgehead atoms. The van der Waals surface area contributed by atoms with Crippen LogP contribution in [0.5, 0.6) is 0 Å². The Morgan fingerprint density at radius 1 is 1.30 bits per heavy atom. The van der Waals surface area contributed by atoms with Crippen molar-refractivity contribution in [2.24, 2.45) is 0 Å². The summed E-state index contributed by atoms with van der Waals surface area (Å²) in [5.41, 5.74) is 13.0. The Balaban J connectivity index is 1.77. The Labute approximate surface area is 173 Å². The van der Waals surface area contributed by atoms with Gasteiger partial charge in [-0.2, -0.15) is 5.10 Å². The zero-order chi connectivity index (χ0) is 20.8. The standard InChI is InChI=1S/C23H20N6O/c1-3-19(30)28-16-8-13(2)20-18(10-16)29-22(23(24)26-12-27-29)21(20)15-9-14-6-4-5-7-17(14)25-11-15/h3-9,11-12,16H,1,10H2,2H3,(H,28,30)(H2,24,26,27). The van der Waals surface area contributed by atoms with E-state index in [-0.39, 0.29) is 11.9 Å². The molecule has 7 nitrogen and oxygen atoms in total. The smallest absolute Gasteiger partial charge is 0.243 e. The third-order valence-corrected chi connectivity index (χ3v) is 5.50. The third-order valence-electron chi connectivity index (χ3n) is 5.50. The van der Waals surface area contributed by atoms with Crippen molar-refractivity contribution in [2.45, 2.75) is 19.4 Å². The average molecular weight is 396 g/mol. The molecule has 148 valence electrons. The summed E-state index contributed by atoms with van der Waals surface area (Å²) < 4.78 is 1.84. The molecule has 3 N–H and O–H groups in total. The SMILES string of the molecule is C=CC(=O)NC1C=C(C)c2c(-c3cnc4ccccc4c3)c3c(N)ncnn3c2C1. The van der Waals surface area contributed by atoms with E-state index in [1.807, 2.05) is 41.9 Å². The minimum absolute atomic E-state index is 0.153. The fourth-order valence-corrected chi connectivity index (χ4v) is 4.26. The van der Waals surface area contributed by atoms with Gasteiger partial charge in [-0.15, -0.1) is 0 Å². The number of fused-ring (bicyclic) bond motifs is 4. The molecule has 5 rings (SSSR count). The van der Waals surface area contributed by atoms with Gasteiger partial charge in [0.05, 0.1) is 17.3 Å². The summed E-state index contributed by atoms with van der Waals surface area (Å²) in [6, 6.07) is 9.96. The summed E-state index contributed by atoms with van der Waals surface area (Å²) in [4.78, 5) is 20.7. The molecule has 1 atom stereocenters. The summed E-state index contributed by atoms with van der Waals surface area (Å²) in [5, 5.41) is 8.48. The fourth-order valence-electron chi connectivity index (χ4n) is 4.26. The van der Waals surface area contributed by atoms with Crippen LogP contribution in [-0.2, 0) is 11.2 Å². The highest BCUT2D eigenvalue weighted by atomic mass is 16.1. The Morgan fingerprint density at radius 2 is 2.13 bits per heavy atom. The van der Waals surface area contributed by atoms with Crippen LogP contribution in [0.2, 0.25) is 0 Å². The lowest BCUT2D eigenvalue weighted by Crippen LogP contribution is -2.35. The molecular weight excluding hydrogens is 376 g/mol. The normalized spacial score (nSPS) is 15.6. The Bertz CT molecular complexity index is 1370. The number of nitrogens with zero attached hydrogens (tertiary/aromatic N) is 4. The molecule has 1 amide bonds. The Hall–Kier alpha value is -4.00. The van der Waals surface area contributed by atoms with Gasteiger partial charge >= 0.3 is 0 Å². The van der Waals surface area contributed by atoms with Crippen LogP contribution >= 0.6 is 0 Å². The summed E-state index contributed by atoms with van der Waals surface area (Å²) in [6.07, 6.45) is 7.25. The van der Waals surface area contributed by atoms with E-state index in [1.54, 1.807) is 0 Å². The molecule has 30 heavy (non-hydrogen) atoms. The minimum Gasteiger partial charge on any atom is -0.382 e. The average Bonchev–Trinajstić information content (AvgIpc) is 3.09. The largest absolute Gasteiger partial charge is 0.382 e. The molecule has 3 heterocycles. The van der Waals surface area contributed by atoms with Crippen LogP contribution < -0.4 is 11.1 Å². The number of allylic oxidation sites excluding steroid dienone is 1. The first-order chi connectivity index (χ1) is 14.6. The predicted molar refractivity (Wildman–Crippen MR) is 118 cm³/mol. The molecule has 1 aliphatic carbocycles. The molecule has 0 aliphatic heterocycles. The van der Waals surface area contributed by atoms with E-state index in [1.165, 1.54) is 12.4 Å².